The Kier molecular flexibility index (Phi) is 5.68. The minimum absolute atomic E-state index is 0.142. The van der Waals surface area contributed by atoms with Crippen molar-refractivity contribution >= 4 is 28.9 Å². The number of amides is 2. The quantitative estimate of drug-likeness (QED) is 0.626. The lowest BCUT2D eigenvalue weighted by Gasteiger charge is -2.15. The number of urea groups is 1. The first-order valence-corrected chi connectivity index (χ1v) is 8.44. The van der Waals surface area contributed by atoms with Gasteiger partial charge in [-0.15, -0.1) is 5.53 Å². The fraction of sp³-hybridized carbons (Fsp3) is 0.158. The van der Waals surface area contributed by atoms with Crippen LogP contribution >= 0.6 is 0 Å². The third-order valence-corrected chi connectivity index (χ3v) is 3.85. The van der Waals surface area contributed by atoms with E-state index in [0.29, 0.717) is 24.2 Å². The van der Waals surface area contributed by atoms with Gasteiger partial charge >= 0.3 is 6.03 Å². The Morgan fingerprint density at radius 2 is 1.81 bits per heavy atom. The van der Waals surface area contributed by atoms with Gasteiger partial charge in [0.15, 0.2) is 0 Å². The molecule has 0 bridgehead atoms. The third-order valence-electron chi connectivity index (χ3n) is 3.85. The van der Waals surface area contributed by atoms with Crippen molar-refractivity contribution in [3.8, 4) is 0 Å². The summed E-state index contributed by atoms with van der Waals surface area (Å²) in [5, 5.41) is 7.04. The van der Waals surface area contributed by atoms with Gasteiger partial charge in [0, 0.05) is 29.7 Å². The summed E-state index contributed by atoms with van der Waals surface area (Å²) in [6, 6.07) is 12.4. The minimum Gasteiger partial charge on any atom is -0.308 e. The number of allylic oxidation sites excluding steroid dienone is 1. The number of rotatable bonds is 6. The van der Waals surface area contributed by atoms with Crippen LogP contribution in [-0.2, 0) is 4.79 Å². The number of hydrogen-bond acceptors (Lipinski definition) is 5. The summed E-state index contributed by atoms with van der Waals surface area (Å²) in [5.74, 6) is -0.275. The number of nitrogens with zero attached hydrogens (tertiary/aromatic N) is 1. The van der Waals surface area contributed by atoms with Crippen LogP contribution in [0.4, 0.5) is 26.2 Å². The summed E-state index contributed by atoms with van der Waals surface area (Å²) >= 11 is 0. The normalized spacial score (nSPS) is 13.0. The van der Waals surface area contributed by atoms with Crippen LogP contribution in [0.5, 0.6) is 0 Å². The van der Waals surface area contributed by atoms with E-state index in [1.165, 1.54) is 18.2 Å². The zero-order valence-corrected chi connectivity index (χ0v) is 14.8. The zero-order chi connectivity index (χ0) is 19.2. The van der Waals surface area contributed by atoms with Gasteiger partial charge in [0.1, 0.15) is 11.6 Å². The lowest BCUT2D eigenvalue weighted by molar-refractivity contribution is -0.117. The Balaban J connectivity index is 1.56. The molecule has 4 N–H and O–H groups in total. The third kappa shape index (κ3) is 5.29. The van der Waals surface area contributed by atoms with Crippen LogP contribution in [-0.4, -0.2) is 11.8 Å². The number of ketones is 1. The van der Waals surface area contributed by atoms with Crippen molar-refractivity contribution < 1.29 is 14.0 Å². The number of carbonyl (C=O) groups is 2. The minimum atomic E-state index is -0.458. The molecular formula is C19H20FN5O2. The fourth-order valence-corrected chi connectivity index (χ4v) is 2.49. The summed E-state index contributed by atoms with van der Waals surface area (Å²) < 4.78 is 13.1. The Morgan fingerprint density at radius 3 is 2.52 bits per heavy atom. The highest BCUT2D eigenvalue weighted by Gasteiger charge is 2.13. The summed E-state index contributed by atoms with van der Waals surface area (Å²) in [4.78, 5) is 23.1. The molecule has 0 atom stereocenters. The summed E-state index contributed by atoms with van der Waals surface area (Å²) in [7, 11) is 0. The molecule has 7 nitrogen and oxygen atoms in total. The average Bonchev–Trinajstić information content (AvgIpc) is 3.09. The first-order chi connectivity index (χ1) is 13.0. The standard InChI is InChI=1S/C19H20FN5O2/c1-13(26)5-6-17-12-25(24-23-17)18-9-7-15(8-10-18)21-19(27)22-16-4-2-3-14(20)11-16/h2-4,7-12,23-24H,5-6H2,1H3,(H2,21,22,27). The second-order valence-electron chi connectivity index (χ2n) is 6.10. The highest BCUT2D eigenvalue weighted by molar-refractivity contribution is 5.99. The van der Waals surface area contributed by atoms with Crippen LogP contribution < -0.4 is 26.6 Å². The summed E-state index contributed by atoms with van der Waals surface area (Å²) in [5.41, 5.74) is 8.75. The fourth-order valence-electron chi connectivity index (χ4n) is 2.49. The van der Waals surface area contributed by atoms with E-state index < -0.39 is 11.8 Å². The van der Waals surface area contributed by atoms with Gasteiger partial charge in [-0.3, -0.25) is 5.01 Å². The molecule has 1 aliphatic rings. The van der Waals surface area contributed by atoms with Crippen LogP contribution in [0.1, 0.15) is 19.8 Å². The van der Waals surface area contributed by atoms with Crippen LogP contribution in [0, 0.1) is 5.82 Å². The maximum atomic E-state index is 13.1. The second kappa shape index (κ2) is 8.33. The lowest BCUT2D eigenvalue weighted by atomic mass is 10.2. The molecule has 1 aliphatic heterocycles. The molecule has 27 heavy (non-hydrogen) atoms. The molecule has 2 aromatic rings. The van der Waals surface area contributed by atoms with Crippen LogP contribution in [0.15, 0.2) is 60.4 Å². The van der Waals surface area contributed by atoms with Gasteiger partial charge < -0.3 is 20.9 Å². The second-order valence-corrected chi connectivity index (χ2v) is 6.10. The van der Waals surface area contributed by atoms with Crippen molar-refractivity contribution in [1.82, 2.24) is 11.0 Å². The molecule has 0 aromatic heterocycles. The van der Waals surface area contributed by atoms with Gasteiger partial charge in [-0.05, 0) is 55.8 Å². The van der Waals surface area contributed by atoms with Crippen LogP contribution in [0.2, 0.25) is 0 Å². The van der Waals surface area contributed by atoms with Gasteiger partial charge in [0.25, 0.3) is 0 Å². The number of halogens is 1. The first kappa shape index (κ1) is 18.4. The van der Waals surface area contributed by atoms with Gasteiger partial charge in [0.2, 0.25) is 0 Å². The van der Waals surface area contributed by atoms with E-state index in [0.717, 1.165) is 11.4 Å². The highest BCUT2D eigenvalue weighted by atomic mass is 19.1. The van der Waals surface area contributed by atoms with Crippen molar-refractivity contribution in [2.75, 3.05) is 15.6 Å². The molecule has 0 spiro atoms. The molecule has 8 heteroatoms. The molecule has 0 aliphatic carbocycles. The van der Waals surface area contributed by atoms with Gasteiger partial charge in [-0.25, -0.2) is 9.18 Å². The van der Waals surface area contributed by atoms with Crippen LogP contribution in [0.3, 0.4) is 0 Å². The molecular weight excluding hydrogens is 349 g/mol. The van der Waals surface area contributed by atoms with E-state index in [2.05, 4.69) is 21.6 Å². The predicted molar refractivity (Wildman–Crippen MR) is 102 cm³/mol. The topological polar surface area (TPSA) is 85.5 Å². The van der Waals surface area contributed by atoms with Crippen molar-refractivity contribution in [1.29, 1.82) is 0 Å². The molecule has 3 rings (SSSR count). The van der Waals surface area contributed by atoms with Crippen molar-refractivity contribution in [3.05, 3.63) is 66.2 Å². The molecule has 140 valence electrons. The van der Waals surface area contributed by atoms with E-state index in [4.69, 9.17) is 0 Å². The lowest BCUT2D eigenvalue weighted by Crippen LogP contribution is -2.36. The predicted octanol–water partition coefficient (Wildman–Crippen LogP) is 3.51. The smallest absolute Gasteiger partial charge is 0.308 e. The summed E-state index contributed by atoms with van der Waals surface area (Å²) in [6.45, 7) is 1.57. The Bertz CT molecular complexity index is 867. The average molecular weight is 369 g/mol. The number of Topliss-reactive ketones (excluding diaryl/α,β-unsaturated/α-hetero) is 1. The Labute approximate surface area is 156 Å². The number of benzene rings is 2. The molecule has 0 radical (unpaired) electrons. The molecule has 0 saturated carbocycles. The van der Waals surface area contributed by atoms with E-state index >= 15 is 0 Å². The largest absolute Gasteiger partial charge is 0.323 e. The molecule has 0 fully saturated rings. The maximum Gasteiger partial charge on any atom is 0.323 e. The van der Waals surface area contributed by atoms with Crippen molar-refractivity contribution in [3.63, 3.8) is 0 Å². The summed E-state index contributed by atoms with van der Waals surface area (Å²) in [6.07, 6.45) is 3.00. The zero-order valence-electron chi connectivity index (χ0n) is 14.8. The van der Waals surface area contributed by atoms with Crippen molar-refractivity contribution in [2.45, 2.75) is 19.8 Å². The first-order valence-electron chi connectivity index (χ1n) is 8.44. The van der Waals surface area contributed by atoms with Gasteiger partial charge in [0.05, 0.1) is 5.69 Å². The number of hydrogen-bond donors (Lipinski definition) is 4. The van der Waals surface area contributed by atoms with Crippen molar-refractivity contribution in [2.24, 2.45) is 0 Å². The van der Waals surface area contributed by atoms with E-state index in [9.17, 15) is 14.0 Å². The number of anilines is 3. The van der Waals surface area contributed by atoms with Gasteiger partial charge in [-0.1, -0.05) is 6.07 Å². The molecule has 2 amide bonds. The van der Waals surface area contributed by atoms with E-state index in [1.807, 2.05) is 18.3 Å². The SMILES string of the molecule is CC(=O)CCC1=CN(c2ccc(NC(=O)Nc3cccc(F)c3)cc2)NN1. The van der Waals surface area contributed by atoms with E-state index in [1.54, 1.807) is 30.1 Å². The Hall–Kier alpha value is -3.39. The monoisotopic (exact) mass is 369 g/mol. The number of nitrogens with one attached hydrogen (secondary N) is 4. The molecule has 2 aromatic carbocycles. The van der Waals surface area contributed by atoms with E-state index in [-0.39, 0.29) is 5.78 Å². The molecule has 1 heterocycles. The van der Waals surface area contributed by atoms with Crippen LogP contribution in [0.25, 0.3) is 0 Å². The Morgan fingerprint density at radius 1 is 1.07 bits per heavy atom. The molecule has 0 saturated heterocycles. The van der Waals surface area contributed by atoms with Gasteiger partial charge in [-0.2, -0.15) is 0 Å². The number of carbonyl (C=O) groups excluding carboxylic acids is 2. The highest BCUT2D eigenvalue weighted by Crippen LogP contribution is 2.20. The molecule has 0 unspecified atom stereocenters. The number of hydrazine groups is 2. The maximum absolute atomic E-state index is 13.1.